The fourth-order valence-corrected chi connectivity index (χ4v) is 11.6. The Morgan fingerprint density at radius 2 is 0.641 bits per heavy atom. The highest BCUT2D eigenvalue weighted by Crippen LogP contribution is 2.43. The number of hydrogen-bond acceptors (Lipinski definition) is 32. The lowest BCUT2D eigenvalue weighted by Gasteiger charge is -2.21. The minimum Gasteiger partial charge on any atom is -0.744 e. The molecular weight excluding hydrogens is 1560 g/mol. The molecule has 0 radical (unpaired) electrons. The SMILES string of the molecule is COCCOCCOCCOCCOCCOCCOCCOCCOCCOCCOCCOCCOCCOCCOCCOCCOCCOCCOCCOCCOCCOCCOCCOCCNC(=O)C(CCC(=O)NCCCCCC(=O)O)NC(=O)COc1cc(C)c2ccc3c(C)cc(S(=O)(=O)[O-])c4ccc1c2c34. The smallest absolute Gasteiger partial charge is 0.303 e. The van der Waals surface area contributed by atoms with Gasteiger partial charge in [-0.2, -0.15) is 0 Å². The lowest BCUT2D eigenvalue weighted by Crippen LogP contribution is -2.49. The molecule has 0 saturated carbocycles. The zero-order valence-corrected chi connectivity index (χ0v) is 69.9. The Kier molecular flexibility index (Phi) is 64.1. The average Bonchev–Trinajstić information content (AvgIpc) is 0.718. The molecule has 0 bridgehead atoms. The summed E-state index contributed by atoms with van der Waals surface area (Å²) < 4.78 is 175. The number of benzene rings is 4. The van der Waals surface area contributed by atoms with Crippen molar-refractivity contribution in [3.8, 4) is 5.75 Å². The Hall–Kier alpha value is -5.45. The first-order valence-electron chi connectivity index (χ1n) is 40.4. The van der Waals surface area contributed by atoms with Crippen LogP contribution in [0.4, 0.5) is 0 Å². The summed E-state index contributed by atoms with van der Waals surface area (Å²) in [7, 11) is -3.17. The van der Waals surface area contributed by atoms with Crippen LogP contribution in [0.2, 0.25) is 0 Å². The van der Waals surface area contributed by atoms with E-state index in [9.17, 15) is 32.1 Å². The first-order chi connectivity index (χ1) is 57.3. The molecule has 0 heterocycles. The van der Waals surface area contributed by atoms with Gasteiger partial charge in [-0.05, 0) is 78.6 Å². The summed E-state index contributed by atoms with van der Waals surface area (Å²) in [5, 5.41) is 20.8. The van der Waals surface area contributed by atoms with Gasteiger partial charge in [-0.1, -0.05) is 24.6 Å². The second kappa shape index (κ2) is 72.2. The Morgan fingerprint density at radius 1 is 0.350 bits per heavy atom. The number of carboxylic acid groups (broad SMARTS) is 1. The number of aryl methyl sites for hydroxylation is 2. The number of nitrogens with one attached hydrogen (secondary N) is 3. The van der Waals surface area contributed by atoms with E-state index in [4.69, 9.17) is 124 Å². The fraction of sp³-hybridized carbons (Fsp3) is 0.750. The summed E-state index contributed by atoms with van der Waals surface area (Å²) in [6, 6.07) is 9.05. The topological polar surface area (TPSA) is 413 Å². The summed E-state index contributed by atoms with van der Waals surface area (Å²) in [5.41, 5.74) is 1.40. The zero-order valence-electron chi connectivity index (χ0n) is 69.1. The number of aliphatic carboxylic acids is 1. The Balaban J connectivity index is 0.815. The number of unbranched alkanes of at least 4 members (excludes halogenated alkanes) is 2. The number of rotatable bonds is 87. The summed E-state index contributed by atoms with van der Waals surface area (Å²) in [4.78, 5) is 50.3. The number of carbonyl (C=O) groups is 4. The number of hydrogen-bond donors (Lipinski definition) is 4. The molecule has 4 aromatic rings. The minimum absolute atomic E-state index is 0.0360. The van der Waals surface area contributed by atoms with E-state index in [0.29, 0.717) is 344 Å². The number of methoxy groups -OCH3 is 1. The van der Waals surface area contributed by atoms with E-state index < -0.39 is 40.6 Å². The van der Waals surface area contributed by atoms with Crippen LogP contribution in [0.25, 0.3) is 32.3 Å². The van der Waals surface area contributed by atoms with E-state index in [1.807, 2.05) is 19.1 Å². The predicted octanol–water partition coefficient (Wildman–Crippen LogP) is 3.65. The van der Waals surface area contributed by atoms with Crippen LogP contribution in [0.15, 0.2) is 41.3 Å². The van der Waals surface area contributed by atoms with Crippen LogP contribution in [-0.4, -0.2) is 385 Å². The lowest BCUT2D eigenvalue weighted by molar-refractivity contribution is -0.137. The van der Waals surface area contributed by atoms with Gasteiger partial charge in [-0.15, -0.1) is 0 Å². The second-order valence-corrected chi connectivity index (χ2v) is 27.1. The van der Waals surface area contributed by atoms with Crippen LogP contribution in [0.5, 0.6) is 5.75 Å². The molecule has 3 amide bonds. The first-order valence-corrected chi connectivity index (χ1v) is 41.9. The first kappa shape index (κ1) is 104. The lowest BCUT2D eigenvalue weighted by atomic mass is 9.90. The van der Waals surface area contributed by atoms with Gasteiger partial charge in [0.25, 0.3) is 5.91 Å². The normalized spacial score (nSPS) is 12.1. The van der Waals surface area contributed by atoms with Crippen molar-refractivity contribution in [3.63, 3.8) is 0 Å². The zero-order chi connectivity index (χ0) is 83.8. The van der Waals surface area contributed by atoms with Gasteiger partial charge in [0.05, 0.1) is 315 Å². The van der Waals surface area contributed by atoms with Crippen molar-refractivity contribution in [2.75, 3.05) is 337 Å². The van der Waals surface area contributed by atoms with Crippen molar-refractivity contribution < 1.29 is 156 Å². The maximum atomic E-state index is 13.5. The molecule has 0 aliphatic heterocycles. The van der Waals surface area contributed by atoms with Crippen LogP contribution >= 0.6 is 0 Å². The molecule has 0 aromatic heterocycles. The van der Waals surface area contributed by atoms with Crippen molar-refractivity contribution in [3.05, 3.63) is 47.5 Å². The van der Waals surface area contributed by atoms with E-state index >= 15 is 0 Å². The monoisotopic (exact) mass is 1690 g/mol. The third-order valence-electron chi connectivity index (χ3n) is 16.7. The van der Waals surface area contributed by atoms with Gasteiger partial charge in [0.2, 0.25) is 11.8 Å². The molecule has 36 nitrogen and oxygen atoms in total. The second-order valence-electron chi connectivity index (χ2n) is 25.8. The van der Waals surface area contributed by atoms with Crippen LogP contribution < -0.4 is 20.7 Å². The van der Waals surface area contributed by atoms with E-state index in [1.54, 1.807) is 32.2 Å². The summed E-state index contributed by atoms with van der Waals surface area (Å²) in [6.45, 7) is 24.6. The Morgan fingerprint density at radius 3 is 0.957 bits per heavy atom. The van der Waals surface area contributed by atoms with E-state index in [0.717, 1.165) is 16.3 Å². The van der Waals surface area contributed by atoms with Crippen molar-refractivity contribution in [2.24, 2.45) is 0 Å². The third kappa shape index (κ3) is 53.8. The summed E-state index contributed by atoms with van der Waals surface area (Å²) >= 11 is 0. The number of carbonyl (C=O) groups excluding carboxylic acids is 3. The van der Waals surface area contributed by atoms with Gasteiger partial charge in [0.1, 0.15) is 21.9 Å². The number of carboxylic acids is 1. The van der Waals surface area contributed by atoms with Crippen molar-refractivity contribution >= 4 is 66.1 Å². The van der Waals surface area contributed by atoms with E-state index in [-0.39, 0.29) is 61.8 Å². The van der Waals surface area contributed by atoms with Crippen molar-refractivity contribution in [2.45, 2.75) is 63.3 Å². The highest BCUT2D eigenvalue weighted by atomic mass is 32.2. The molecule has 0 spiro atoms. The molecule has 4 N–H and O–H groups in total. The van der Waals surface area contributed by atoms with Crippen molar-refractivity contribution in [1.29, 1.82) is 0 Å². The average molecular weight is 1700 g/mol. The predicted molar refractivity (Wildman–Crippen MR) is 427 cm³/mol. The maximum Gasteiger partial charge on any atom is 0.303 e. The molecule has 0 aliphatic carbocycles. The van der Waals surface area contributed by atoms with Gasteiger partial charge in [0.15, 0.2) is 6.61 Å². The molecule has 37 heteroatoms. The summed E-state index contributed by atoms with van der Waals surface area (Å²) in [6.07, 6.45) is 1.60. The molecular formula is C80H132N3O33S-. The van der Waals surface area contributed by atoms with Crippen LogP contribution in [0.1, 0.15) is 49.7 Å². The van der Waals surface area contributed by atoms with Gasteiger partial charge in [-0.25, -0.2) is 8.42 Å². The van der Waals surface area contributed by atoms with Crippen LogP contribution in [0.3, 0.4) is 0 Å². The number of ether oxygens (including phenoxy) is 25. The maximum absolute atomic E-state index is 13.5. The fourth-order valence-electron chi connectivity index (χ4n) is 10.9. The standard InChI is InChI=1S/C80H133N3O33S/c1-66-63-73(70-10-11-71-74(117(89,90)91)64-67(2)69-9-8-68(66)78(70)79(69)71)116-65-76(85)83-72(12-13-75(84)81-14-6-4-5-7-77(86)87)80(88)82-15-16-93-19-20-95-23-24-97-27-28-99-31-32-101-35-36-103-39-40-105-43-44-107-47-48-109-51-52-111-55-56-113-59-60-115-62-61-114-58-57-112-54-53-110-50-49-108-46-45-106-42-41-104-38-37-102-34-33-100-30-29-98-26-25-96-22-21-94-18-17-92-3/h8-11,63-64,72H,4-7,12-62,65H2,1-3H3,(H,81,84)(H,82,88)(H,83,85)(H,86,87)(H,89,90,91)/p-1. The Labute approximate surface area is 688 Å². The molecule has 0 aliphatic rings. The molecule has 4 aromatic carbocycles. The van der Waals surface area contributed by atoms with Crippen LogP contribution in [0, 0.1) is 13.8 Å². The molecule has 672 valence electrons. The minimum atomic E-state index is -4.81. The number of amides is 3. The third-order valence-corrected chi connectivity index (χ3v) is 17.6. The van der Waals surface area contributed by atoms with E-state index in [1.165, 1.54) is 6.07 Å². The molecule has 1 atom stereocenters. The highest BCUT2D eigenvalue weighted by Gasteiger charge is 2.24. The van der Waals surface area contributed by atoms with Crippen LogP contribution in [-0.2, 0) is 143 Å². The molecule has 0 saturated heterocycles. The largest absolute Gasteiger partial charge is 0.744 e. The van der Waals surface area contributed by atoms with Gasteiger partial charge >= 0.3 is 5.97 Å². The van der Waals surface area contributed by atoms with Gasteiger partial charge in [-0.3, -0.25) is 19.2 Å². The highest BCUT2D eigenvalue weighted by molar-refractivity contribution is 7.86. The molecule has 117 heavy (non-hydrogen) atoms. The van der Waals surface area contributed by atoms with E-state index in [2.05, 4.69) is 16.0 Å². The molecule has 0 fully saturated rings. The van der Waals surface area contributed by atoms with Gasteiger partial charge in [0, 0.05) is 49.2 Å². The molecule has 4 rings (SSSR count). The van der Waals surface area contributed by atoms with Crippen molar-refractivity contribution in [1.82, 2.24) is 16.0 Å². The van der Waals surface area contributed by atoms with Gasteiger partial charge < -0.3 is 144 Å². The summed E-state index contributed by atoms with van der Waals surface area (Å²) in [5.74, 6) is -2.07. The quantitative estimate of drug-likeness (QED) is 0.0278. The molecule has 1 unspecified atom stereocenters. The Bertz CT molecular complexity index is 3220.